The molecule has 1 aliphatic heterocycles. The molecule has 1 unspecified atom stereocenters. The second-order valence-corrected chi connectivity index (χ2v) is 8.19. The number of anilines is 1. The van der Waals surface area contributed by atoms with Gasteiger partial charge < -0.3 is 9.80 Å². The summed E-state index contributed by atoms with van der Waals surface area (Å²) in [5.41, 5.74) is 0.969. The quantitative estimate of drug-likeness (QED) is 0.794. The molecule has 6 nitrogen and oxygen atoms in total. The molecule has 3 heterocycles. The van der Waals surface area contributed by atoms with E-state index in [2.05, 4.69) is 28.9 Å². The molecule has 2 fully saturated rings. The van der Waals surface area contributed by atoms with E-state index < -0.39 is 0 Å². The molecule has 1 saturated carbocycles. The Labute approximate surface area is 156 Å². The van der Waals surface area contributed by atoms with Crippen molar-refractivity contribution in [2.45, 2.75) is 63.8 Å². The van der Waals surface area contributed by atoms with E-state index in [-0.39, 0.29) is 0 Å². The van der Waals surface area contributed by atoms with Gasteiger partial charge in [0.15, 0.2) is 5.65 Å². The molecule has 142 valence electrons. The molecule has 0 radical (unpaired) electrons. The van der Waals surface area contributed by atoms with Crippen LogP contribution in [-0.2, 0) is 7.05 Å². The monoisotopic (exact) mass is 356 g/mol. The smallest absolute Gasteiger partial charge is 0.163 e. The summed E-state index contributed by atoms with van der Waals surface area (Å²) in [6.07, 6.45) is 10.8. The fourth-order valence-electron chi connectivity index (χ4n) is 4.53. The van der Waals surface area contributed by atoms with Gasteiger partial charge in [0.1, 0.15) is 11.6 Å². The van der Waals surface area contributed by atoms with Gasteiger partial charge in [0, 0.05) is 32.6 Å². The Morgan fingerprint density at radius 1 is 1.15 bits per heavy atom. The molecule has 2 aromatic heterocycles. The Kier molecular flexibility index (Phi) is 5.11. The van der Waals surface area contributed by atoms with E-state index in [9.17, 15) is 0 Å². The zero-order valence-electron chi connectivity index (χ0n) is 16.5. The molecule has 1 saturated heterocycles. The summed E-state index contributed by atoms with van der Waals surface area (Å²) >= 11 is 0. The number of hydrogen-bond donors (Lipinski definition) is 0. The summed E-state index contributed by atoms with van der Waals surface area (Å²) in [4.78, 5) is 14.8. The van der Waals surface area contributed by atoms with Crippen LogP contribution in [-0.4, -0.2) is 57.4 Å². The molecule has 0 N–H and O–H groups in total. The Balaban J connectivity index is 1.55. The van der Waals surface area contributed by atoms with E-state index in [4.69, 9.17) is 9.97 Å². The van der Waals surface area contributed by atoms with Gasteiger partial charge in [-0.25, -0.2) is 9.97 Å². The third-order valence-electron chi connectivity index (χ3n) is 6.32. The second-order valence-electron chi connectivity index (χ2n) is 8.19. The van der Waals surface area contributed by atoms with Crippen molar-refractivity contribution in [1.29, 1.82) is 0 Å². The maximum Gasteiger partial charge on any atom is 0.163 e. The minimum atomic E-state index is 0.518. The molecule has 2 aromatic rings. The summed E-state index contributed by atoms with van der Waals surface area (Å²) in [7, 11) is 4.15. The first-order valence-corrected chi connectivity index (χ1v) is 10.3. The van der Waals surface area contributed by atoms with Gasteiger partial charge in [-0.1, -0.05) is 12.8 Å². The molecule has 0 spiro atoms. The van der Waals surface area contributed by atoms with Crippen LogP contribution < -0.4 is 4.90 Å². The Bertz CT molecular complexity index is 742. The second kappa shape index (κ2) is 7.51. The van der Waals surface area contributed by atoms with Gasteiger partial charge in [-0.2, -0.15) is 5.10 Å². The predicted octanol–water partition coefficient (Wildman–Crippen LogP) is 3.33. The van der Waals surface area contributed by atoms with Crippen molar-refractivity contribution in [2.75, 3.05) is 31.6 Å². The highest BCUT2D eigenvalue weighted by Crippen LogP contribution is 2.34. The van der Waals surface area contributed by atoms with Gasteiger partial charge in [0.25, 0.3) is 0 Å². The first kappa shape index (κ1) is 17.7. The maximum atomic E-state index is 5.02. The number of aryl methyl sites for hydroxylation is 1. The van der Waals surface area contributed by atoms with Crippen LogP contribution in [0.3, 0.4) is 0 Å². The standard InChI is InChI=1S/C20H32N6/c1-15(26-11-6-7-12-26)10-13-24(2)19-17-14-21-25(3)20(17)23-18(22-19)16-8-4-5-9-16/h14-16H,4-13H2,1-3H3. The molecule has 6 heteroatoms. The number of aromatic nitrogens is 4. The molecule has 1 aliphatic carbocycles. The number of hydrogen-bond acceptors (Lipinski definition) is 5. The van der Waals surface area contributed by atoms with Crippen LogP contribution in [0.4, 0.5) is 5.82 Å². The average molecular weight is 357 g/mol. The van der Waals surface area contributed by atoms with E-state index in [1.54, 1.807) is 0 Å². The molecule has 0 bridgehead atoms. The van der Waals surface area contributed by atoms with Crippen LogP contribution in [0.2, 0.25) is 0 Å². The van der Waals surface area contributed by atoms with Crippen LogP contribution in [0, 0.1) is 0 Å². The lowest BCUT2D eigenvalue weighted by atomic mass is 10.1. The van der Waals surface area contributed by atoms with Crippen molar-refractivity contribution in [3.8, 4) is 0 Å². The molecule has 0 aromatic carbocycles. The van der Waals surface area contributed by atoms with E-state index in [0.717, 1.165) is 29.2 Å². The van der Waals surface area contributed by atoms with Gasteiger partial charge in [-0.3, -0.25) is 4.68 Å². The largest absolute Gasteiger partial charge is 0.359 e. The van der Waals surface area contributed by atoms with Crippen molar-refractivity contribution < 1.29 is 0 Å². The fraction of sp³-hybridized carbons (Fsp3) is 0.750. The van der Waals surface area contributed by atoms with Gasteiger partial charge in [-0.05, 0) is 52.1 Å². The van der Waals surface area contributed by atoms with Crippen LogP contribution in [0.5, 0.6) is 0 Å². The third kappa shape index (κ3) is 3.43. The fourth-order valence-corrected chi connectivity index (χ4v) is 4.53. The highest BCUT2D eigenvalue weighted by atomic mass is 15.3. The van der Waals surface area contributed by atoms with E-state index in [1.807, 2.05) is 17.9 Å². The summed E-state index contributed by atoms with van der Waals surface area (Å²) in [6, 6.07) is 0.639. The Morgan fingerprint density at radius 3 is 2.62 bits per heavy atom. The van der Waals surface area contributed by atoms with Crippen molar-refractivity contribution in [3.63, 3.8) is 0 Å². The topological polar surface area (TPSA) is 50.1 Å². The van der Waals surface area contributed by atoms with Crippen LogP contribution in [0.25, 0.3) is 11.0 Å². The minimum Gasteiger partial charge on any atom is -0.359 e. The number of nitrogens with zero attached hydrogens (tertiary/aromatic N) is 6. The van der Waals surface area contributed by atoms with Gasteiger partial charge in [0.05, 0.1) is 11.6 Å². The zero-order chi connectivity index (χ0) is 18.1. The van der Waals surface area contributed by atoms with Crippen molar-refractivity contribution in [3.05, 3.63) is 12.0 Å². The van der Waals surface area contributed by atoms with E-state index >= 15 is 0 Å². The average Bonchev–Trinajstić information content (AvgIpc) is 3.40. The lowest BCUT2D eigenvalue weighted by molar-refractivity contribution is 0.249. The molecule has 4 rings (SSSR count). The Morgan fingerprint density at radius 2 is 1.88 bits per heavy atom. The van der Waals surface area contributed by atoms with Crippen molar-refractivity contribution in [1.82, 2.24) is 24.6 Å². The predicted molar refractivity (Wildman–Crippen MR) is 106 cm³/mol. The number of rotatable bonds is 6. The molecular weight excluding hydrogens is 324 g/mol. The summed E-state index contributed by atoms with van der Waals surface area (Å²) in [5, 5.41) is 5.52. The lowest BCUT2D eigenvalue weighted by Gasteiger charge is -2.27. The van der Waals surface area contributed by atoms with Gasteiger partial charge >= 0.3 is 0 Å². The number of likely N-dealkylation sites (tertiary alicyclic amines) is 1. The number of fused-ring (bicyclic) bond motifs is 1. The van der Waals surface area contributed by atoms with Crippen molar-refractivity contribution >= 4 is 16.9 Å². The minimum absolute atomic E-state index is 0.518. The van der Waals surface area contributed by atoms with E-state index in [1.165, 1.54) is 58.0 Å². The summed E-state index contributed by atoms with van der Waals surface area (Å²) in [6.45, 7) is 5.90. The summed E-state index contributed by atoms with van der Waals surface area (Å²) in [5.74, 6) is 2.59. The van der Waals surface area contributed by atoms with Crippen LogP contribution in [0.1, 0.15) is 63.6 Å². The highest BCUT2D eigenvalue weighted by molar-refractivity contribution is 5.86. The van der Waals surface area contributed by atoms with Gasteiger partial charge in [-0.15, -0.1) is 0 Å². The Hall–Kier alpha value is -1.69. The lowest BCUT2D eigenvalue weighted by Crippen LogP contribution is -2.33. The zero-order valence-corrected chi connectivity index (χ0v) is 16.5. The third-order valence-corrected chi connectivity index (χ3v) is 6.32. The normalized spacial score (nSPS) is 20.3. The highest BCUT2D eigenvalue weighted by Gasteiger charge is 2.24. The molecular formula is C20H32N6. The van der Waals surface area contributed by atoms with Gasteiger partial charge in [0.2, 0.25) is 0 Å². The van der Waals surface area contributed by atoms with Crippen LogP contribution in [0.15, 0.2) is 6.20 Å². The van der Waals surface area contributed by atoms with Crippen molar-refractivity contribution in [2.24, 2.45) is 7.05 Å². The first-order valence-electron chi connectivity index (χ1n) is 10.3. The SMILES string of the molecule is CC(CCN(C)c1nc(C2CCCC2)nc2c1cnn2C)N1CCCC1. The molecule has 2 aliphatic rings. The molecule has 0 amide bonds. The van der Waals surface area contributed by atoms with E-state index in [0.29, 0.717) is 12.0 Å². The molecule has 1 atom stereocenters. The molecule has 26 heavy (non-hydrogen) atoms. The maximum absolute atomic E-state index is 5.02. The summed E-state index contributed by atoms with van der Waals surface area (Å²) < 4.78 is 1.89. The first-order chi connectivity index (χ1) is 12.6. The van der Waals surface area contributed by atoms with Crippen LogP contribution >= 0.6 is 0 Å².